The molecule has 1 aromatic heterocycles. The van der Waals surface area contributed by atoms with Crippen LogP contribution in [0, 0.1) is 0 Å². The lowest BCUT2D eigenvalue weighted by molar-refractivity contribution is -0.140. The highest BCUT2D eigenvalue weighted by molar-refractivity contribution is 8.00. The number of esters is 1. The lowest BCUT2D eigenvalue weighted by Crippen LogP contribution is -2.10. The van der Waals surface area contributed by atoms with Gasteiger partial charge in [0.2, 0.25) is 0 Å². The fourth-order valence-electron chi connectivity index (χ4n) is 2.93. The first-order valence-electron chi connectivity index (χ1n) is 7.90. The lowest BCUT2D eigenvalue weighted by Gasteiger charge is -2.10. The first-order valence-corrected chi connectivity index (χ1v) is 8.78. The van der Waals surface area contributed by atoms with E-state index in [-0.39, 0.29) is 17.3 Å². The molecule has 4 nitrogen and oxygen atoms in total. The number of rotatable bonds is 3. The van der Waals surface area contributed by atoms with Crippen molar-refractivity contribution in [3.63, 3.8) is 0 Å². The number of carbonyl (C=O) groups excluding carboxylic acids is 1. The molecular formula is C19H16N2O2S. The van der Waals surface area contributed by atoms with Gasteiger partial charge < -0.3 is 4.74 Å². The molecule has 0 radical (unpaired) electrons. The van der Waals surface area contributed by atoms with Crippen molar-refractivity contribution in [2.24, 2.45) is 0 Å². The van der Waals surface area contributed by atoms with Crippen LogP contribution in [0.5, 0.6) is 0 Å². The third kappa shape index (κ3) is 2.76. The maximum atomic E-state index is 11.9. The summed E-state index contributed by atoms with van der Waals surface area (Å²) in [5.41, 5.74) is 1.89. The molecule has 0 unspecified atom stereocenters. The minimum absolute atomic E-state index is 0.0298. The number of benzene rings is 2. The van der Waals surface area contributed by atoms with Crippen molar-refractivity contribution in [3.8, 4) is 11.3 Å². The predicted octanol–water partition coefficient (Wildman–Crippen LogP) is 4.09. The Labute approximate surface area is 144 Å². The average molecular weight is 336 g/mol. The Morgan fingerprint density at radius 3 is 2.42 bits per heavy atom. The highest BCUT2D eigenvalue weighted by Gasteiger charge is 2.33. The fraction of sp³-hybridized carbons (Fsp3) is 0.211. The molecular weight excluding hydrogens is 320 g/mol. The second-order valence-corrected chi connectivity index (χ2v) is 7.05. The molecule has 24 heavy (non-hydrogen) atoms. The molecule has 0 bridgehead atoms. The lowest BCUT2D eigenvalue weighted by atomic mass is 10.1. The molecule has 4 rings (SSSR count). The van der Waals surface area contributed by atoms with Crippen LogP contribution in [0.3, 0.4) is 0 Å². The van der Waals surface area contributed by atoms with E-state index in [1.807, 2.05) is 61.5 Å². The highest BCUT2D eigenvalue weighted by atomic mass is 32.2. The van der Waals surface area contributed by atoms with Crippen molar-refractivity contribution in [1.29, 1.82) is 0 Å². The van der Waals surface area contributed by atoms with Gasteiger partial charge in [-0.05, 0) is 6.92 Å². The summed E-state index contributed by atoms with van der Waals surface area (Å²) in [6, 6.07) is 18.1. The van der Waals surface area contributed by atoms with E-state index in [9.17, 15) is 4.79 Å². The van der Waals surface area contributed by atoms with Gasteiger partial charge in [-0.2, -0.15) is 0 Å². The number of hydrogen-bond acceptors (Lipinski definition) is 5. The van der Waals surface area contributed by atoms with E-state index in [0.717, 1.165) is 27.1 Å². The monoisotopic (exact) mass is 336 g/mol. The van der Waals surface area contributed by atoms with Gasteiger partial charge in [-0.15, -0.1) is 10.2 Å². The molecule has 2 aromatic carbocycles. The zero-order chi connectivity index (χ0) is 16.5. The summed E-state index contributed by atoms with van der Waals surface area (Å²) < 4.78 is 5.24. The van der Waals surface area contributed by atoms with Crippen LogP contribution in [0.4, 0.5) is 0 Å². The normalized spacial score (nSPS) is 20.3. The molecule has 0 aliphatic carbocycles. The van der Waals surface area contributed by atoms with Crippen LogP contribution in [0.1, 0.15) is 13.3 Å². The second kappa shape index (κ2) is 6.24. The molecule has 3 aromatic rings. The number of hydrogen-bond donors (Lipinski definition) is 0. The van der Waals surface area contributed by atoms with E-state index in [1.54, 1.807) is 0 Å². The van der Waals surface area contributed by atoms with Gasteiger partial charge in [0.05, 0.1) is 0 Å². The standard InChI is InChI=1S/C19H16N2O2S/c1-12-11-16(19(22)23-12)24-18-15-10-6-5-9-14(15)17(20-21-18)13-7-3-2-4-8-13/h2-10,12,16H,11H2,1H3/t12-,16-/m0/s1. The van der Waals surface area contributed by atoms with Crippen LogP contribution in [0.25, 0.3) is 22.0 Å². The van der Waals surface area contributed by atoms with Crippen molar-refractivity contribution in [2.45, 2.75) is 29.7 Å². The third-order valence-corrected chi connectivity index (χ3v) is 5.28. The topological polar surface area (TPSA) is 52.1 Å². The molecule has 0 spiro atoms. The number of thioether (sulfide) groups is 1. The minimum Gasteiger partial charge on any atom is -0.462 e. The van der Waals surface area contributed by atoms with Crippen LogP contribution in [0.15, 0.2) is 59.6 Å². The second-order valence-electron chi connectivity index (χ2n) is 5.86. The van der Waals surface area contributed by atoms with Crippen LogP contribution in [-0.2, 0) is 9.53 Å². The van der Waals surface area contributed by atoms with Gasteiger partial charge in [0.25, 0.3) is 0 Å². The molecule has 2 atom stereocenters. The number of nitrogens with zero attached hydrogens (tertiary/aromatic N) is 2. The van der Waals surface area contributed by atoms with E-state index < -0.39 is 0 Å². The van der Waals surface area contributed by atoms with E-state index >= 15 is 0 Å². The van der Waals surface area contributed by atoms with Gasteiger partial charge >= 0.3 is 5.97 Å². The van der Waals surface area contributed by atoms with Crippen LogP contribution >= 0.6 is 11.8 Å². The molecule has 5 heteroatoms. The molecule has 1 aliphatic heterocycles. The number of cyclic esters (lactones) is 1. The molecule has 0 saturated carbocycles. The fourth-order valence-corrected chi connectivity index (χ4v) is 4.11. The summed E-state index contributed by atoms with van der Waals surface area (Å²) in [6.45, 7) is 1.92. The van der Waals surface area contributed by atoms with Gasteiger partial charge in [0.15, 0.2) is 0 Å². The van der Waals surface area contributed by atoms with Crippen molar-refractivity contribution >= 4 is 28.5 Å². The zero-order valence-electron chi connectivity index (χ0n) is 13.2. The SMILES string of the molecule is C[C@H]1C[C@H](Sc2nnc(-c3ccccc3)c3ccccc23)C(=O)O1. The van der Waals surface area contributed by atoms with Crippen molar-refractivity contribution in [3.05, 3.63) is 54.6 Å². The Balaban J connectivity index is 1.78. The quantitative estimate of drug-likeness (QED) is 0.674. The summed E-state index contributed by atoms with van der Waals surface area (Å²) >= 11 is 1.45. The number of carbonyl (C=O) groups is 1. The van der Waals surface area contributed by atoms with Crippen LogP contribution in [0.2, 0.25) is 0 Å². The first kappa shape index (κ1) is 15.1. The molecule has 1 aliphatic rings. The number of aromatic nitrogens is 2. The Morgan fingerprint density at radius 1 is 1.00 bits per heavy atom. The van der Waals surface area contributed by atoms with E-state index in [4.69, 9.17) is 4.74 Å². The average Bonchev–Trinajstić information content (AvgIpc) is 2.93. The first-order chi connectivity index (χ1) is 11.7. The van der Waals surface area contributed by atoms with Gasteiger partial charge in [0.1, 0.15) is 22.1 Å². The predicted molar refractivity (Wildman–Crippen MR) is 94.8 cm³/mol. The molecule has 0 N–H and O–H groups in total. The summed E-state index contributed by atoms with van der Waals surface area (Å²) in [6.07, 6.45) is 0.678. The number of fused-ring (bicyclic) bond motifs is 1. The smallest absolute Gasteiger partial charge is 0.319 e. The summed E-state index contributed by atoms with van der Waals surface area (Å²) in [7, 11) is 0. The third-order valence-electron chi connectivity index (χ3n) is 4.08. The largest absolute Gasteiger partial charge is 0.462 e. The van der Waals surface area contributed by atoms with Gasteiger partial charge in [-0.1, -0.05) is 66.4 Å². The maximum Gasteiger partial charge on any atom is 0.319 e. The molecule has 2 heterocycles. The summed E-state index contributed by atoms with van der Waals surface area (Å²) in [5.74, 6) is -0.162. The summed E-state index contributed by atoms with van der Waals surface area (Å²) in [5, 5.41) is 11.5. The Hall–Kier alpha value is -2.40. The van der Waals surface area contributed by atoms with Crippen LogP contribution < -0.4 is 0 Å². The maximum absolute atomic E-state index is 11.9. The number of ether oxygens (including phenoxy) is 1. The van der Waals surface area contributed by atoms with Gasteiger partial charge in [0, 0.05) is 22.8 Å². The Bertz CT molecular complexity index is 898. The van der Waals surface area contributed by atoms with E-state index in [0.29, 0.717) is 6.42 Å². The van der Waals surface area contributed by atoms with Crippen LogP contribution in [-0.4, -0.2) is 27.5 Å². The van der Waals surface area contributed by atoms with E-state index in [2.05, 4.69) is 10.2 Å². The highest BCUT2D eigenvalue weighted by Crippen LogP contribution is 2.36. The summed E-state index contributed by atoms with van der Waals surface area (Å²) in [4.78, 5) is 11.9. The van der Waals surface area contributed by atoms with Crippen molar-refractivity contribution in [2.75, 3.05) is 0 Å². The van der Waals surface area contributed by atoms with Gasteiger partial charge in [-0.25, -0.2) is 0 Å². The minimum atomic E-state index is -0.208. The Morgan fingerprint density at radius 2 is 1.71 bits per heavy atom. The van der Waals surface area contributed by atoms with Crippen molar-refractivity contribution < 1.29 is 9.53 Å². The van der Waals surface area contributed by atoms with Crippen molar-refractivity contribution in [1.82, 2.24) is 10.2 Å². The molecule has 1 fully saturated rings. The Kier molecular flexibility index (Phi) is 3.94. The van der Waals surface area contributed by atoms with Gasteiger partial charge in [-0.3, -0.25) is 4.79 Å². The molecule has 0 amide bonds. The van der Waals surface area contributed by atoms with E-state index in [1.165, 1.54) is 11.8 Å². The molecule has 120 valence electrons. The molecule has 1 saturated heterocycles. The zero-order valence-corrected chi connectivity index (χ0v) is 14.0.